The van der Waals surface area contributed by atoms with Gasteiger partial charge in [0.05, 0.1) is 32.4 Å². The highest BCUT2D eigenvalue weighted by Crippen LogP contribution is 2.45. The number of carbonyl (C=O) groups is 2. The van der Waals surface area contributed by atoms with Crippen LogP contribution in [0, 0.1) is 0 Å². The number of para-hydroxylation sites is 1. The summed E-state index contributed by atoms with van der Waals surface area (Å²) in [6.07, 6.45) is 1.35. The summed E-state index contributed by atoms with van der Waals surface area (Å²) in [6, 6.07) is 11.2. The van der Waals surface area contributed by atoms with Gasteiger partial charge in [-0.25, -0.2) is 0 Å². The summed E-state index contributed by atoms with van der Waals surface area (Å²) >= 11 is 0. The zero-order valence-electron chi connectivity index (χ0n) is 20.0. The number of ketones is 1. The highest BCUT2D eigenvalue weighted by molar-refractivity contribution is 6.46. The quantitative estimate of drug-likeness (QED) is 0.230. The van der Waals surface area contributed by atoms with Gasteiger partial charge in [0.25, 0.3) is 11.7 Å². The van der Waals surface area contributed by atoms with Crippen LogP contribution in [0.3, 0.4) is 0 Å². The van der Waals surface area contributed by atoms with Gasteiger partial charge in [-0.3, -0.25) is 9.59 Å². The van der Waals surface area contributed by atoms with Gasteiger partial charge >= 0.3 is 0 Å². The minimum atomic E-state index is -0.859. The van der Waals surface area contributed by atoms with Gasteiger partial charge in [-0.2, -0.15) is 0 Å². The first kappa shape index (κ1) is 25.1. The number of amides is 1. The molecule has 8 heteroatoms. The Morgan fingerprint density at radius 2 is 1.79 bits per heavy atom. The van der Waals surface area contributed by atoms with Gasteiger partial charge in [0.2, 0.25) is 0 Å². The molecule has 2 aromatic rings. The number of ether oxygens (including phenoxy) is 4. The Bertz CT molecular complexity index is 1060. The normalized spacial score (nSPS) is 17.2. The molecule has 0 bridgehead atoms. The van der Waals surface area contributed by atoms with Crippen molar-refractivity contribution in [3.05, 3.63) is 59.2 Å². The molecule has 0 spiro atoms. The SMILES string of the molecule is CCCOc1cccc(/C(O)=C2\C(=O)C(=O)N(CCCOC)C2c2cccc(OC)c2OC)c1. The molecule has 0 aliphatic carbocycles. The van der Waals surface area contributed by atoms with Crippen molar-refractivity contribution in [1.82, 2.24) is 4.90 Å². The molecule has 1 amide bonds. The number of hydrogen-bond acceptors (Lipinski definition) is 7. The summed E-state index contributed by atoms with van der Waals surface area (Å²) in [5.74, 6) is -0.312. The maximum atomic E-state index is 13.2. The van der Waals surface area contributed by atoms with E-state index < -0.39 is 17.7 Å². The number of methoxy groups -OCH3 is 3. The number of aliphatic hydroxyl groups is 1. The second-order valence-corrected chi connectivity index (χ2v) is 7.80. The number of carbonyl (C=O) groups excluding carboxylic acids is 2. The Labute approximate surface area is 199 Å². The lowest BCUT2D eigenvalue weighted by Gasteiger charge is -2.27. The largest absolute Gasteiger partial charge is 0.507 e. The van der Waals surface area contributed by atoms with Crippen LogP contribution in [-0.4, -0.2) is 62.8 Å². The van der Waals surface area contributed by atoms with Crippen LogP contribution in [0.15, 0.2) is 48.0 Å². The van der Waals surface area contributed by atoms with E-state index in [0.717, 1.165) is 6.42 Å². The summed E-state index contributed by atoms with van der Waals surface area (Å²) in [6.45, 7) is 3.20. The molecule has 0 aromatic heterocycles. The van der Waals surface area contributed by atoms with Crippen molar-refractivity contribution in [2.75, 3.05) is 41.1 Å². The zero-order chi connectivity index (χ0) is 24.7. The van der Waals surface area contributed by atoms with E-state index in [-0.39, 0.29) is 17.9 Å². The molecule has 8 nitrogen and oxygen atoms in total. The van der Waals surface area contributed by atoms with Crippen molar-refractivity contribution in [1.29, 1.82) is 0 Å². The Hall–Kier alpha value is -3.52. The maximum absolute atomic E-state index is 13.2. The predicted molar refractivity (Wildman–Crippen MR) is 127 cm³/mol. The molecule has 1 aliphatic rings. The Kier molecular flexibility index (Phi) is 8.54. The van der Waals surface area contributed by atoms with E-state index in [2.05, 4.69) is 0 Å². The fourth-order valence-electron chi connectivity index (χ4n) is 4.05. The highest BCUT2D eigenvalue weighted by atomic mass is 16.5. The minimum absolute atomic E-state index is 0.0124. The van der Waals surface area contributed by atoms with Crippen LogP contribution in [0.1, 0.15) is 36.9 Å². The Balaban J connectivity index is 2.18. The standard InChI is InChI=1S/C26H31NO7/c1-5-14-34-18-10-6-9-17(16-18)23(28)21-22(19-11-7-12-20(32-3)25(19)33-4)27(13-8-15-31-2)26(30)24(21)29/h6-7,9-12,16,22,28H,5,8,13-15H2,1-4H3/b23-21+. The van der Waals surface area contributed by atoms with Crippen LogP contribution >= 0.6 is 0 Å². The van der Waals surface area contributed by atoms with Crippen molar-refractivity contribution in [2.24, 2.45) is 0 Å². The third-order valence-corrected chi connectivity index (χ3v) is 5.60. The van der Waals surface area contributed by atoms with Crippen molar-refractivity contribution in [3.8, 4) is 17.2 Å². The second-order valence-electron chi connectivity index (χ2n) is 7.80. The van der Waals surface area contributed by atoms with Crippen molar-refractivity contribution >= 4 is 17.4 Å². The zero-order valence-corrected chi connectivity index (χ0v) is 20.0. The number of hydrogen-bond donors (Lipinski definition) is 1. The molecular weight excluding hydrogens is 438 g/mol. The van der Waals surface area contributed by atoms with Crippen LogP contribution in [-0.2, 0) is 14.3 Å². The van der Waals surface area contributed by atoms with Crippen LogP contribution in [0.4, 0.5) is 0 Å². The second kappa shape index (κ2) is 11.6. The molecule has 34 heavy (non-hydrogen) atoms. The summed E-state index contributed by atoms with van der Waals surface area (Å²) in [5.41, 5.74) is 0.912. The van der Waals surface area contributed by atoms with Crippen molar-refractivity contribution in [3.63, 3.8) is 0 Å². The van der Waals surface area contributed by atoms with Gasteiger partial charge in [-0.1, -0.05) is 31.2 Å². The van der Waals surface area contributed by atoms with E-state index in [9.17, 15) is 14.7 Å². The van der Waals surface area contributed by atoms with E-state index in [1.54, 1.807) is 49.6 Å². The average Bonchev–Trinajstić information content (AvgIpc) is 3.11. The molecule has 0 radical (unpaired) electrons. The average molecular weight is 470 g/mol. The molecule has 0 saturated carbocycles. The number of rotatable bonds is 11. The summed E-state index contributed by atoms with van der Waals surface area (Å²) in [7, 11) is 4.58. The van der Waals surface area contributed by atoms with Crippen LogP contribution in [0.5, 0.6) is 17.2 Å². The summed E-state index contributed by atoms with van der Waals surface area (Å²) in [4.78, 5) is 27.7. The van der Waals surface area contributed by atoms with E-state index in [1.165, 1.54) is 19.1 Å². The fourth-order valence-corrected chi connectivity index (χ4v) is 4.05. The molecule has 3 rings (SSSR count). The number of nitrogens with zero attached hydrogens (tertiary/aromatic N) is 1. The van der Waals surface area contributed by atoms with Gasteiger partial charge in [0.15, 0.2) is 11.5 Å². The van der Waals surface area contributed by atoms with E-state index in [1.807, 2.05) is 6.92 Å². The van der Waals surface area contributed by atoms with Crippen molar-refractivity contribution in [2.45, 2.75) is 25.8 Å². The van der Waals surface area contributed by atoms with Gasteiger partial charge in [-0.05, 0) is 31.0 Å². The molecule has 1 atom stereocenters. The molecule has 1 unspecified atom stereocenters. The first-order valence-corrected chi connectivity index (χ1v) is 11.2. The third kappa shape index (κ3) is 5.02. The van der Waals surface area contributed by atoms with Crippen LogP contribution in [0.25, 0.3) is 5.76 Å². The lowest BCUT2D eigenvalue weighted by Crippen LogP contribution is -2.31. The lowest BCUT2D eigenvalue weighted by molar-refractivity contribution is -0.140. The molecule has 1 N–H and O–H groups in total. The first-order valence-electron chi connectivity index (χ1n) is 11.2. The molecule has 1 saturated heterocycles. The predicted octanol–water partition coefficient (Wildman–Crippen LogP) is 3.95. The fraction of sp³-hybridized carbons (Fsp3) is 0.385. The van der Waals surface area contributed by atoms with Crippen LogP contribution in [0.2, 0.25) is 0 Å². The Morgan fingerprint density at radius 3 is 2.47 bits per heavy atom. The van der Waals surface area contributed by atoms with Gasteiger partial charge in [-0.15, -0.1) is 0 Å². The lowest BCUT2D eigenvalue weighted by atomic mass is 9.94. The minimum Gasteiger partial charge on any atom is -0.507 e. The molecule has 1 heterocycles. The number of Topliss-reactive ketones (excluding diaryl/α,β-unsaturated/α-hetero) is 1. The van der Waals surface area contributed by atoms with E-state index in [4.69, 9.17) is 18.9 Å². The first-order chi connectivity index (χ1) is 16.5. The third-order valence-electron chi connectivity index (χ3n) is 5.60. The molecular formula is C26H31NO7. The molecule has 1 fully saturated rings. The van der Waals surface area contributed by atoms with Crippen molar-refractivity contribution < 1.29 is 33.6 Å². The summed E-state index contributed by atoms with van der Waals surface area (Å²) in [5, 5.41) is 11.3. The van der Waals surface area contributed by atoms with Gasteiger partial charge in [0, 0.05) is 31.4 Å². The molecule has 2 aromatic carbocycles. The van der Waals surface area contributed by atoms with E-state index in [0.29, 0.717) is 48.0 Å². The van der Waals surface area contributed by atoms with Crippen LogP contribution < -0.4 is 14.2 Å². The number of likely N-dealkylation sites (tertiary alicyclic amines) is 1. The highest BCUT2D eigenvalue weighted by Gasteiger charge is 2.47. The monoisotopic (exact) mass is 469 g/mol. The topological polar surface area (TPSA) is 94.5 Å². The van der Waals surface area contributed by atoms with Gasteiger partial charge < -0.3 is 29.0 Å². The summed E-state index contributed by atoms with van der Waals surface area (Å²) < 4.78 is 21.8. The van der Waals surface area contributed by atoms with Gasteiger partial charge in [0.1, 0.15) is 11.5 Å². The molecule has 1 aliphatic heterocycles. The smallest absolute Gasteiger partial charge is 0.295 e. The number of benzene rings is 2. The Morgan fingerprint density at radius 1 is 1.03 bits per heavy atom. The number of aliphatic hydroxyl groups excluding tert-OH is 1. The van der Waals surface area contributed by atoms with E-state index >= 15 is 0 Å². The molecule has 182 valence electrons. The maximum Gasteiger partial charge on any atom is 0.295 e.